The summed E-state index contributed by atoms with van der Waals surface area (Å²) in [5.41, 5.74) is 1.95. The molecule has 2 heterocycles. The van der Waals surface area contributed by atoms with E-state index < -0.39 is 6.43 Å². The van der Waals surface area contributed by atoms with Gasteiger partial charge in [-0.15, -0.1) is 24.0 Å². The standard InChI is InChI=1S/C20H28F3N5.HI/c1-2-24-20(27-16-6-9-28(10-7-16)13-19(22)23)25-8-5-14-12-26-18-4-3-15(21)11-17(14)18;/h3-4,11-12,16,19,26H,2,5-10,13H2,1H3,(H2,24,25,27);1H. The molecule has 0 saturated carbocycles. The van der Waals surface area contributed by atoms with Crippen molar-refractivity contribution in [3.8, 4) is 0 Å². The Bertz CT molecular complexity index is 788. The minimum Gasteiger partial charge on any atom is -0.361 e. The Morgan fingerprint density at radius 1 is 1.31 bits per heavy atom. The third-order valence-corrected chi connectivity index (χ3v) is 5.05. The van der Waals surface area contributed by atoms with E-state index in [-0.39, 0.29) is 42.4 Å². The van der Waals surface area contributed by atoms with Crippen LogP contribution in [0, 0.1) is 5.82 Å². The maximum absolute atomic E-state index is 13.5. The first kappa shape index (κ1) is 23.8. The number of piperidine rings is 1. The molecule has 0 aliphatic carbocycles. The van der Waals surface area contributed by atoms with Gasteiger partial charge in [0, 0.05) is 49.3 Å². The quantitative estimate of drug-likeness (QED) is 0.295. The maximum atomic E-state index is 13.5. The highest BCUT2D eigenvalue weighted by atomic mass is 127. The zero-order valence-electron chi connectivity index (χ0n) is 16.6. The van der Waals surface area contributed by atoms with Crippen LogP contribution in [0.15, 0.2) is 29.4 Å². The van der Waals surface area contributed by atoms with Gasteiger partial charge in [-0.2, -0.15) is 0 Å². The van der Waals surface area contributed by atoms with Gasteiger partial charge in [-0.3, -0.25) is 9.89 Å². The summed E-state index contributed by atoms with van der Waals surface area (Å²) in [7, 11) is 0. The number of aromatic nitrogens is 1. The molecule has 1 aliphatic heterocycles. The summed E-state index contributed by atoms with van der Waals surface area (Å²) in [5, 5.41) is 7.54. The van der Waals surface area contributed by atoms with E-state index in [9.17, 15) is 13.2 Å². The van der Waals surface area contributed by atoms with Crippen LogP contribution in [0.2, 0.25) is 0 Å². The minimum atomic E-state index is -2.28. The number of halogens is 4. The first-order valence-electron chi connectivity index (χ1n) is 9.86. The fourth-order valence-corrected chi connectivity index (χ4v) is 3.61. The predicted molar refractivity (Wildman–Crippen MR) is 122 cm³/mol. The third-order valence-electron chi connectivity index (χ3n) is 5.05. The van der Waals surface area contributed by atoms with Gasteiger partial charge < -0.3 is 15.6 Å². The monoisotopic (exact) mass is 523 g/mol. The van der Waals surface area contributed by atoms with Crippen LogP contribution in [0.25, 0.3) is 10.9 Å². The van der Waals surface area contributed by atoms with E-state index in [1.165, 1.54) is 6.07 Å². The average Bonchev–Trinajstić information content (AvgIpc) is 3.05. The average molecular weight is 523 g/mol. The summed E-state index contributed by atoms with van der Waals surface area (Å²) in [6.45, 7) is 4.51. The van der Waals surface area contributed by atoms with E-state index in [1.54, 1.807) is 12.1 Å². The van der Waals surface area contributed by atoms with Gasteiger partial charge in [0.15, 0.2) is 5.96 Å². The lowest BCUT2D eigenvalue weighted by Crippen LogP contribution is -2.49. The molecule has 29 heavy (non-hydrogen) atoms. The Morgan fingerprint density at radius 2 is 2.07 bits per heavy atom. The number of likely N-dealkylation sites (tertiary alicyclic amines) is 1. The van der Waals surface area contributed by atoms with Gasteiger partial charge in [0.1, 0.15) is 5.82 Å². The molecule has 5 nitrogen and oxygen atoms in total. The van der Waals surface area contributed by atoms with Crippen LogP contribution >= 0.6 is 24.0 Å². The van der Waals surface area contributed by atoms with E-state index in [4.69, 9.17) is 0 Å². The highest BCUT2D eigenvalue weighted by Gasteiger charge is 2.21. The lowest BCUT2D eigenvalue weighted by atomic mass is 10.1. The second kappa shape index (κ2) is 11.6. The van der Waals surface area contributed by atoms with Crippen LogP contribution < -0.4 is 10.6 Å². The number of guanidine groups is 1. The molecule has 0 radical (unpaired) electrons. The molecule has 1 aromatic carbocycles. The van der Waals surface area contributed by atoms with Gasteiger partial charge in [0.05, 0.1) is 6.54 Å². The van der Waals surface area contributed by atoms with Gasteiger partial charge in [0.25, 0.3) is 6.43 Å². The van der Waals surface area contributed by atoms with Gasteiger partial charge in [-0.1, -0.05) is 0 Å². The van der Waals surface area contributed by atoms with E-state index in [0.717, 1.165) is 41.8 Å². The molecular formula is C20H29F3IN5. The van der Waals surface area contributed by atoms with Crippen molar-refractivity contribution in [3.05, 3.63) is 35.8 Å². The van der Waals surface area contributed by atoms with Crippen molar-refractivity contribution in [1.29, 1.82) is 0 Å². The number of H-pyrrole nitrogens is 1. The molecule has 3 rings (SSSR count). The van der Waals surface area contributed by atoms with Crippen molar-refractivity contribution in [3.63, 3.8) is 0 Å². The normalized spacial score (nSPS) is 16.2. The topological polar surface area (TPSA) is 55.5 Å². The van der Waals surface area contributed by atoms with Crippen molar-refractivity contribution < 1.29 is 13.2 Å². The molecule has 9 heteroatoms. The number of hydrogen-bond acceptors (Lipinski definition) is 2. The minimum absolute atomic E-state index is 0. The summed E-state index contributed by atoms with van der Waals surface area (Å²) in [6.07, 6.45) is 1.96. The molecule has 0 spiro atoms. The molecule has 0 amide bonds. The zero-order valence-corrected chi connectivity index (χ0v) is 18.9. The van der Waals surface area contributed by atoms with Crippen LogP contribution in [0.5, 0.6) is 0 Å². The Balaban J connectivity index is 0.00000300. The van der Waals surface area contributed by atoms with Crippen molar-refractivity contribution in [2.24, 2.45) is 4.99 Å². The highest BCUT2D eigenvalue weighted by Crippen LogP contribution is 2.20. The van der Waals surface area contributed by atoms with E-state index >= 15 is 0 Å². The van der Waals surface area contributed by atoms with Crippen LogP contribution in [0.1, 0.15) is 25.3 Å². The Kier molecular flexibility index (Phi) is 9.54. The Labute approximate surface area is 186 Å². The molecule has 3 N–H and O–H groups in total. The third kappa shape index (κ3) is 7.06. The molecular weight excluding hydrogens is 494 g/mol. The molecule has 0 bridgehead atoms. The van der Waals surface area contributed by atoms with Crippen molar-refractivity contribution in [2.75, 3.05) is 32.7 Å². The van der Waals surface area contributed by atoms with Crippen molar-refractivity contribution in [1.82, 2.24) is 20.5 Å². The lowest BCUT2D eigenvalue weighted by Gasteiger charge is -2.32. The number of benzene rings is 1. The molecule has 1 aliphatic rings. The Hall–Kier alpha value is -1.49. The summed E-state index contributed by atoms with van der Waals surface area (Å²) >= 11 is 0. The molecule has 0 unspecified atom stereocenters. The Morgan fingerprint density at radius 3 is 2.76 bits per heavy atom. The SMILES string of the molecule is CCNC(=NCCc1c[nH]c2ccc(F)cc12)NC1CCN(CC(F)F)CC1.I. The van der Waals surface area contributed by atoms with Crippen LogP contribution in [-0.2, 0) is 6.42 Å². The molecule has 1 aromatic heterocycles. The van der Waals surface area contributed by atoms with Gasteiger partial charge in [-0.05, 0) is 49.9 Å². The van der Waals surface area contributed by atoms with E-state index in [0.29, 0.717) is 26.1 Å². The van der Waals surface area contributed by atoms with Crippen molar-refractivity contribution in [2.45, 2.75) is 38.7 Å². The van der Waals surface area contributed by atoms with E-state index in [2.05, 4.69) is 20.6 Å². The number of nitrogens with one attached hydrogen (secondary N) is 3. The number of fused-ring (bicyclic) bond motifs is 1. The van der Waals surface area contributed by atoms with Gasteiger partial charge in [-0.25, -0.2) is 13.2 Å². The fraction of sp³-hybridized carbons (Fsp3) is 0.550. The van der Waals surface area contributed by atoms with Crippen molar-refractivity contribution >= 4 is 40.8 Å². The van der Waals surface area contributed by atoms with Gasteiger partial charge in [0.2, 0.25) is 0 Å². The number of nitrogens with zero attached hydrogens (tertiary/aromatic N) is 2. The fourth-order valence-electron chi connectivity index (χ4n) is 3.61. The second-order valence-corrected chi connectivity index (χ2v) is 7.12. The lowest BCUT2D eigenvalue weighted by molar-refractivity contribution is 0.0744. The molecule has 2 aromatic rings. The zero-order chi connectivity index (χ0) is 19.9. The summed E-state index contributed by atoms with van der Waals surface area (Å²) in [5.74, 6) is 0.492. The number of hydrogen-bond donors (Lipinski definition) is 3. The molecule has 0 atom stereocenters. The summed E-state index contributed by atoms with van der Waals surface area (Å²) in [6, 6.07) is 4.96. The van der Waals surface area contributed by atoms with Crippen LogP contribution in [-0.4, -0.2) is 61.0 Å². The number of aliphatic imine (C=N–C) groups is 1. The smallest absolute Gasteiger partial charge is 0.251 e. The van der Waals surface area contributed by atoms with Gasteiger partial charge >= 0.3 is 0 Å². The van der Waals surface area contributed by atoms with Crippen LogP contribution in [0.4, 0.5) is 13.2 Å². The highest BCUT2D eigenvalue weighted by molar-refractivity contribution is 14.0. The predicted octanol–water partition coefficient (Wildman–Crippen LogP) is 3.75. The first-order chi connectivity index (χ1) is 13.5. The molecule has 1 saturated heterocycles. The van der Waals surface area contributed by atoms with Crippen LogP contribution in [0.3, 0.4) is 0 Å². The number of alkyl halides is 2. The number of aromatic amines is 1. The largest absolute Gasteiger partial charge is 0.361 e. The molecule has 162 valence electrons. The molecule has 1 fully saturated rings. The summed E-state index contributed by atoms with van der Waals surface area (Å²) in [4.78, 5) is 9.60. The maximum Gasteiger partial charge on any atom is 0.251 e. The second-order valence-electron chi connectivity index (χ2n) is 7.12. The summed E-state index contributed by atoms with van der Waals surface area (Å²) < 4.78 is 38.5. The van der Waals surface area contributed by atoms with E-state index in [1.807, 2.05) is 18.0 Å². The first-order valence-corrected chi connectivity index (χ1v) is 9.86. The number of rotatable bonds is 7.